The van der Waals surface area contributed by atoms with Crippen LogP contribution in [0.3, 0.4) is 0 Å². The lowest BCUT2D eigenvalue weighted by atomic mass is 10.1. The number of ether oxygens (including phenoxy) is 2. The molecule has 0 bridgehead atoms. The second kappa shape index (κ2) is 11.8. The number of pyridine rings is 1. The van der Waals surface area contributed by atoms with Gasteiger partial charge in [-0.3, -0.25) is 0 Å². The van der Waals surface area contributed by atoms with E-state index in [1.54, 1.807) is 7.11 Å². The summed E-state index contributed by atoms with van der Waals surface area (Å²) in [4.78, 5) is 11.8. The van der Waals surface area contributed by atoms with Crippen LogP contribution in [0.25, 0.3) is 5.82 Å². The molecule has 1 saturated heterocycles. The summed E-state index contributed by atoms with van der Waals surface area (Å²) in [6.07, 6.45) is 5.22. The fourth-order valence-electron chi connectivity index (χ4n) is 3.78. The van der Waals surface area contributed by atoms with Crippen molar-refractivity contribution >= 4 is 5.96 Å². The lowest BCUT2D eigenvalue weighted by Gasteiger charge is -2.34. The first-order chi connectivity index (χ1) is 15.1. The van der Waals surface area contributed by atoms with E-state index in [0.29, 0.717) is 12.6 Å². The topological polar surface area (TPSA) is 76.8 Å². The maximum Gasteiger partial charge on any atom is 0.194 e. The molecule has 8 nitrogen and oxygen atoms in total. The summed E-state index contributed by atoms with van der Waals surface area (Å²) in [6, 6.07) is 6.13. The van der Waals surface area contributed by atoms with Gasteiger partial charge in [0, 0.05) is 51.8 Å². The predicted molar refractivity (Wildman–Crippen MR) is 123 cm³/mol. The van der Waals surface area contributed by atoms with Gasteiger partial charge in [-0.1, -0.05) is 6.07 Å². The molecule has 1 aliphatic rings. The van der Waals surface area contributed by atoms with E-state index in [1.165, 1.54) is 0 Å². The number of piperidine rings is 1. The Morgan fingerprint density at radius 1 is 1.23 bits per heavy atom. The Balaban J connectivity index is 1.54. The number of nitrogens with one attached hydrogen (secondary N) is 1. The van der Waals surface area contributed by atoms with Gasteiger partial charge in [-0.2, -0.15) is 5.10 Å². The Bertz CT molecular complexity index is 825. The number of aryl methyl sites for hydroxylation is 2. The first-order valence-corrected chi connectivity index (χ1v) is 11.2. The molecule has 2 aromatic heterocycles. The van der Waals surface area contributed by atoms with Crippen molar-refractivity contribution in [2.24, 2.45) is 4.99 Å². The Morgan fingerprint density at radius 2 is 2.03 bits per heavy atom. The largest absolute Gasteiger partial charge is 0.385 e. The van der Waals surface area contributed by atoms with E-state index < -0.39 is 0 Å². The van der Waals surface area contributed by atoms with Crippen LogP contribution in [-0.4, -0.2) is 71.7 Å². The lowest BCUT2D eigenvalue weighted by Crippen LogP contribution is -2.47. The Kier molecular flexibility index (Phi) is 8.85. The smallest absolute Gasteiger partial charge is 0.194 e. The van der Waals surface area contributed by atoms with Crippen LogP contribution in [0.4, 0.5) is 0 Å². The second-order valence-corrected chi connectivity index (χ2v) is 7.94. The number of nitrogens with zero attached hydrogens (tertiary/aromatic N) is 5. The first kappa shape index (κ1) is 23.2. The number of aromatic nitrogens is 3. The van der Waals surface area contributed by atoms with E-state index in [2.05, 4.69) is 39.4 Å². The van der Waals surface area contributed by atoms with Gasteiger partial charge >= 0.3 is 0 Å². The molecule has 170 valence electrons. The van der Waals surface area contributed by atoms with Crippen molar-refractivity contribution in [2.45, 2.75) is 52.7 Å². The number of guanidine groups is 1. The zero-order chi connectivity index (χ0) is 22.1. The van der Waals surface area contributed by atoms with Gasteiger partial charge in [-0.05, 0) is 57.7 Å². The molecule has 3 rings (SSSR count). The van der Waals surface area contributed by atoms with Crippen LogP contribution in [0.5, 0.6) is 0 Å². The molecule has 1 fully saturated rings. The van der Waals surface area contributed by atoms with Crippen molar-refractivity contribution in [3.05, 3.63) is 41.3 Å². The fraction of sp³-hybridized carbons (Fsp3) is 0.609. The Hall–Kier alpha value is -2.45. The van der Waals surface area contributed by atoms with Gasteiger partial charge in [0.2, 0.25) is 0 Å². The van der Waals surface area contributed by atoms with Crippen molar-refractivity contribution in [1.82, 2.24) is 25.0 Å². The zero-order valence-corrected chi connectivity index (χ0v) is 19.3. The van der Waals surface area contributed by atoms with Crippen molar-refractivity contribution < 1.29 is 9.47 Å². The molecule has 0 atom stereocenters. The van der Waals surface area contributed by atoms with Crippen LogP contribution >= 0.6 is 0 Å². The molecule has 0 saturated carbocycles. The lowest BCUT2D eigenvalue weighted by molar-refractivity contribution is 0.00990. The summed E-state index contributed by atoms with van der Waals surface area (Å²) in [7, 11) is 1.73. The minimum atomic E-state index is 0.335. The molecule has 0 aliphatic carbocycles. The third kappa shape index (κ3) is 6.77. The highest BCUT2D eigenvalue weighted by molar-refractivity contribution is 5.80. The highest BCUT2D eigenvalue weighted by Crippen LogP contribution is 2.15. The number of rotatable bonds is 9. The average Bonchev–Trinajstić information content (AvgIpc) is 3.13. The summed E-state index contributed by atoms with van der Waals surface area (Å²) in [5.74, 6) is 1.79. The molecule has 8 heteroatoms. The van der Waals surface area contributed by atoms with Crippen LogP contribution in [0.2, 0.25) is 0 Å². The molecule has 0 unspecified atom stereocenters. The SMILES string of the molecule is CCNC(=NCc1ccc(-n2nc(C)cc2C)nc1)N1CCC(OCCCOC)CC1. The standard InChI is InChI=1S/C23H36N6O2/c1-5-24-23(28-11-9-21(10-12-28)31-14-6-13-30-4)26-17-20-7-8-22(25-16-20)29-19(3)15-18(2)27-29/h7-8,15-16,21H,5-6,9-14,17H2,1-4H3,(H,24,26). The molecule has 1 aliphatic heterocycles. The van der Waals surface area contributed by atoms with E-state index in [1.807, 2.05) is 30.8 Å². The first-order valence-electron chi connectivity index (χ1n) is 11.2. The molecule has 1 N–H and O–H groups in total. The van der Waals surface area contributed by atoms with E-state index >= 15 is 0 Å². The van der Waals surface area contributed by atoms with Crippen molar-refractivity contribution in [3.63, 3.8) is 0 Å². The number of hydrogen-bond donors (Lipinski definition) is 1. The monoisotopic (exact) mass is 428 g/mol. The van der Waals surface area contributed by atoms with Crippen LogP contribution in [-0.2, 0) is 16.0 Å². The number of methoxy groups -OCH3 is 1. The predicted octanol–water partition coefficient (Wildman–Crippen LogP) is 2.87. The third-order valence-electron chi connectivity index (χ3n) is 5.37. The number of likely N-dealkylation sites (tertiary alicyclic amines) is 1. The number of aliphatic imine (C=N–C) groups is 1. The molecular weight excluding hydrogens is 392 g/mol. The normalized spacial score (nSPS) is 15.5. The van der Waals surface area contributed by atoms with E-state index in [9.17, 15) is 0 Å². The summed E-state index contributed by atoms with van der Waals surface area (Å²) < 4.78 is 12.9. The van der Waals surface area contributed by atoms with Gasteiger partial charge in [0.25, 0.3) is 0 Å². The maximum absolute atomic E-state index is 5.98. The van der Waals surface area contributed by atoms with Crippen molar-refractivity contribution in [2.75, 3.05) is 40.0 Å². The van der Waals surface area contributed by atoms with Crippen LogP contribution in [0.15, 0.2) is 29.4 Å². The van der Waals surface area contributed by atoms with Crippen LogP contribution in [0.1, 0.15) is 43.1 Å². The zero-order valence-electron chi connectivity index (χ0n) is 19.3. The van der Waals surface area contributed by atoms with Gasteiger partial charge in [0.15, 0.2) is 11.8 Å². The van der Waals surface area contributed by atoms with Gasteiger partial charge in [0.1, 0.15) is 0 Å². The molecule has 2 aromatic rings. The molecule has 0 radical (unpaired) electrons. The van der Waals surface area contributed by atoms with Crippen molar-refractivity contribution in [3.8, 4) is 5.82 Å². The molecule has 0 spiro atoms. The third-order valence-corrected chi connectivity index (χ3v) is 5.37. The minimum Gasteiger partial charge on any atom is -0.385 e. The Labute approximate surface area is 185 Å². The summed E-state index contributed by atoms with van der Waals surface area (Å²) in [5.41, 5.74) is 3.15. The van der Waals surface area contributed by atoms with Gasteiger partial charge in [0.05, 0.1) is 18.3 Å². The van der Waals surface area contributed by atoms with Crippen molar-refractivity contribution in [1.29, 1.82) is 0 Å². The number of hydrogen-bond acceptors (Lipinski definition) is 5. The molecule has 31 heavy (non-hydrogen) atoms. The van der Waals surface area contributed by atoms with E-state index in [4.69, 9.17) is 14.5 Å². The van der Waals surface area contributed by atoms with Gasteiger partial charge in [-0.25, -0.2) is 14.7 Å². The second-order valence-electron chi connectivity index (χ2n) is 7.94. The van der Waals surface area contributed by atoms with E-state index in [0.717, 1.165) is 80.8 Å². The van der Waals surface area contributed by atoms with Gasteiger partial charge in [-0.15, -0.1) is 0 Å². The summed E-state index contributed by atoms with van der Waals surface area (Å²) in [6.45, 7) is 11.0. The Morgan fingerprint density at radius 3 is 2.65 bits per heavy atom. The molecule has 0 aromatic carbocycles. The molecule has 3 heterocycles. The maximum atomic E-state index is 5.98. The minimum absolute atomic E-state index is 0.335. The molecule has 0 amide bonds. The summed E-state index contributed by atoms with van der Waals surface area (Å²) in [5, 5.41) is 7.93. The quantitative estimate of drug-likeness (QED) is 0.376. The average molecular weight is 429 g/mol. The fourth-order valence-corrected chi connectivity index (χ4v) is 3.78. The highest BCUT2D eigenvalue weighted by Gasteiger charge is 2.21. The van der Waals surface area contributed by atoms with E-state index in [-0.39, 0.29) is 0 Å². The highest BCUT2D eigenvalue weighted by atomic mass is 16.5. The van der Waals surface area contributed by atoms with Gasteiger partial charge < -0.3 is 19.7 Å². The molecular formula is C23H36N6O2. The van der Waals surface area contributed by atoms with Crippen LogP contribution < -0.4 is 5.32 Å². The van der Waals surface area contributed by atoms with Crippen LogP contribution in [0, 0.1) is 13.8 Å². The summed E-state index contributed by atoms with van der Waals surface area (Å²) >= 11 is 0.